The fraction of sp³-hybridized carbons (Fsp3) is 0.167. The van der Waals surface area contributed by atoms with E-state index in [1.54, 1.807) is 6.26 Å². The van der Waals surface area contributed by atoms with Crippen molar-refractivity contribution in [1.29, 1.82) is 0 Å². The van der Waals surface area contributed by atoms with Crippen LogP contribution in [0.15, 0.2) is 29.3 Å². The molecular weight excluding hydrogens is 250 g/mol. The zero-order chi connectivity index (χ0) is 13.3. The summed E-state index contributed by atoms with van der Waals surface area (Å²) < 4.78 is 1.45. The Hall–Kier alpha value is -1.95. The lowest BCUT2D eigenvalue weighted by Crippen LogP contribution is -2.05. The predicted octanol–water partition coefficient (Wildman–Crippen LogP) is 2.18. The zero-order valence-electron chi connectivity index (χ0n) is 10.0. The lowest BCUT2D eigenvalue weighted by atomic mass is 10.2. The van der Waals surface area contributed by atoms with Crippen molar-refractivity contribution in [3.63, 3.8) is 0 Å². The number of aryl methyl sites for hydroxylation is 1. The number of nitrogens with two attached hydrogens (primary N) is 1. The summed E-state index contributed by atoms with van der Waals surface area (Å²) in [4.78, 5) is 11.2. The summed E-state index contributed by atoms with van der Waals surface area (Å²) in [6.07, 6.45) is 1.77. The minimum atomic E-state index is -1.06. The van der Waals surface area contributed by atoms with Crippen molar-refractivity contribution in [2.75, 3.05) is 12.0 Å². The number of hydrogen-bond acceptors (Lipinski definition) is 4. The number of carboxylic acids is 1. The summed E-state index contributed by atoms with van der Waals surface area (Å²) in [5.74, 6) is -0.911. The summed E-state index contributed by atoms with van der Waals surface area (Å²) in [5.41, 5.74) is 7.78. The number of carboxylic acid groups (broad SMARTS) is 1. The Morgan fingerprint density at radius 2 is 2.00 bits per heavy atom. The van der Waals surface area contributed by atoms with Crippen LogP contribution in [0.3, 0.4) is 0 Å². The van der Waals surface area contributed by atoms with E-state index < -0.39 is 5.97 Å². The van der Waals surface area contributed by atoms with Gasteiger partial charge in [-0.1, -0.05) is 17.7 Å². The molecule has 0 spiro atoms. The van der Waals surface area contributed by atoms with E-state index in [9.17, 15) is 4.79 Å². The van der Waals surface area contributed by atoms with Crippen LogP contribution in [0.2, 0.25) is 0 Å². The van der Waals surface area contributed by atoms with Gasteiger partial charge in [0.25, 0.3) is 0 Å². The van der Waals surface area contributed by atoms with E-state index in [1.807, 2.05) is 31.2 Å². The van der Waals surface area contributed by atoms with Gasteiger partial charge < -0.3 is 10.8 Å². The number of benzene rings is 1. The Kier molecular flexibility index (Phi) is 3.29. The standard InChI is InChI=1S/C12H13N3O2S/c1-7-3-5-8(6-4-7)15-10(13)9(12(16)17)11(14-15)18-2/h3-6H,13H2,1-2H3,(H,16,17). The fourth-order valence-electron chi connectivity index (χ4n) is 1.64. The first-order chi connectivity index (χ1) is 8.54. The molecule has 0 saturated heterocycles. The van der Waals surface area contributed by atoms with Crippen LogP contribution in [0.1, 0.15) is 15.9 Å². The quantitative estimate of drug-likeness (QED) is 0.829. The van der Waals surface area contributed by atoms with Crippen LogP contribution in [-0.4, -0.2) is 27.1 Å². The molecule has 3 N–H and O–H groups in total. The Morgan fingerprint density at radius 1 is 1.39 bits per heavy atom. The fourth-order valence-corrected chi connectivity index (χ4v) is 2.20. The van der Waals surface area contributed by atoms with Crippen LogP contribution in [0, 0.1) is 6.92 Å². The number of aromatic carboxylic acids is 1. The van der Waals surface area contributed by atoms with Crippen LogP contribution < -0.4 is 5.73 Å². The number of nitrogen functional groups attached to an aromatic ring is 1. The minimum absolute atomic E-state index is 0.0584. The second-order valence-corrected chi connectivity index (χ2v) is 4.62. The molecule has 0 radical (unpaired) electrons. The van der Waals surface area contributed by atoms with Gasteiger partial charge in [-0.25, -0.2) is 9.48 Å². The molecule has 0 bridgehead atoms. The molecule has 1 aromatic heterocycles. The molecule has 5 nitrogen and oxygen atoms in total. The van der Waals surface area contributed by atoms with Gasteiger partial charge in [0.05, 0.1) is 5.69 Å². The number of nitrogens with zero attached hydrogens (tertiary/aromatic N) is 2. The molecule has 1 aromatic carbocycles. The number of aromatic nitrogens is 2. The first-order valence-electron chi connectivity index (χ1n) is 5.27. The summed E-state index contributed by atoms with van der Waals surface area (Å²) in [6.45, 7) is 1.98. The Morgan fingerprint density at radius 3 is 2.44 bits per heavy atom. The predicted molar refractivity (Wildman–Crippen MR) is 71.5 cm³/mol. The number of carbonyl (C=O) groups is 1. The van der Waals surface area contributed by atoms with Crippen molar-refractivity contribution in [3.8, 4) is 5.69 Å². The van der Waals surface area contributed by atoms with E-state index in [1.165, 1.54) is 16.4 Å². The van der Waals surface area contributed by atoms with Crippen LogP contribution in [0.5, 0.6) is 0 Å². The van der Waals surface area contributed by atoms with E-state index in [-0.39, 0.29) is 11.4 Å². The van der Waals surface area contributed by atoms with Crippen molar-refractivity contribution >= 4 is 23.5 Å². The van der Waals surface area contributed by atoms with Crippen LogP contribution in [0.25, 0.3) is 5.69 Å². The second-order valence-electron chi connectivity index (χ2n) is 3.82. The van der Waals surface area contributed by atoms with Crippen molar-refractivity contribution in [3.05, 3.63) is 35.4 Å². The topological polar surface area (TPSA) is 81.1 Å². The first-order valence-corrected chi connectivity index (χ1v) is 6.50. The van der Waals surface area contributed by atoms with Gasteiger partial charge in [-0.05, 0) is 25.3 Å². The first kappa shape index (κ1) is 12.5. The van der Waals surface area contributed by atoms with Gasteiger partial charge in [-0.3, -0.25) is 0 Å². The van der Waals surface area contributed by atoms with Gasteiger partial charge in [0.1, 0.15) is 16.4 Å². The maximum atomic E-state index is 11.2. The Balaban J connectivity index is 2.59. The van der Waals surface area contributed by atoms with Crippen LogP contribution in [0.4, 0.5) is 5.82 Å². The highest BCUT2D eigenvalue weighted by atomic mass is 32.2. The van der Waals surface area contributed by atoms with E-state index in [4.69, 9.17) is 10.8 Å². The molecule has 0 fully saturated rings. The lowest BCUT2D eigenvalue weighted by Gasteiger charge is -2.04. The van der Waals surface area contributed by atoms with Gasteiger partial charge in [0.2, 0.25) is 0 Å². The van der Waals surface area contributed by atoms with E-state index >= 15 is 0 Å². The molecule has 0 amide bonds. The highest BCUT2D eigenvalue weighted by Gasteiger charge is 2.21. The van der Waals surface area contributed by atoms with E-state index in [2.05, 4.69) is 5.10 Å². The van der Waals surface area contributed by atoms with Gasteiger partial charge in [0, 0.05) is 0 Å². The monoisotopic (exact) mass is 263 g/mol. The molecule has 2 aromatic rings. The van der Waals surface area contributed by atoms with Crippen molar-refractivity contribution in [2.45, 2.75) is 11.9 Å². The minimum Gasteiger partial charge on any atom is -0.477 e. The number of anilines is 1. The number of rotatable bonds is 3. The van der Waals surface area contributed by atoms with Gasteiger partial charge >= 0.3 is 5.97 Å². The van der Waals surface area contributed by atoms with Gasteiger partial charge in [0.15, 0.2) is 0 Å². The third-order valence-corrected chi connectivity index (χ3v) is 3.25. The number of thioether (sulfide) groups is 1. The molecule has 1 heterocycles. The second kappa shape index (κ2) is 4.73. The maximum Gasteiger partial charge on any atom is 0.342 e. The third kappa shape index (κ3) is 2.06. The maximum absolute atomic E-state index is 11.2. The highest BCUT2D eigenvalue weighted by Crippen LogP contribution is 2.27. The molecule has 0 unspecified atom stereocenters. The third-order valence-electron chi connectivity index (χ3n) is 2.57. The molecule has 2 rings (SSSR count). The molecular formula is C12H13N3O2S. The number of hydrogen-bond donors (Lipinski definition) is 2. The van der Waals surface area contributed by atoms with Gasteiger partial charge in [-0.2, -0.15) is 5.10 Å². The van der Waals surface area contributed by atoms with Crippen molar-refractivity contribution in [1.82, 2.24) is 9.78 Å². The summed E-state index contributed by atoms with van der Waals surface area (Å²) in [5, 5.41) is 13.8. The molecule has 94 valence electrons. The molecule has 0 saturated carbocycles. The molecule has 0 aliphatic heterocycles. The zero-order valence-corrected chi connectivity index (χ0v) is 10.9. The SMILES string of the molecule is CSc1nn(-c2ccc(C)cc2)c(N)c1C(=O)O. The molecule has 0 atom stereocenters. The molecule has 0 aliphatic rings. The van der Waals surface area contributed by atoms with Crippen molar-refractivity contribution < 1.29 is 9.90 Å². The largest absolute Gasteiger partial charge is 0.477 e. The Labute approximate surface area is 109 Å². The highest BCUT2D eigenvalue weighted by molar-refractivity contribution is 7.98. The normalized spacial score (nSPS) is 10.6. The smallest absolute Gasteiger partial charge is 0.342 e. The molecule has 18 heavy (non-hydrogen) atoms. The Bertz CT molecular complexity index is 590. The summed E-state index contributed by atoms with van der Waals surface area (Å²) in [6, 6.07) is 7.56. The summed E-state index contributed by atoms with van der Waals surface area (Å²) in [7, 11) is 0. The van der Waals surface area contributed by atoms with Crippen LogP contribution >= 0.6 is 11.8 Å². The summed E-state index contributed by atoms with van der Waals surface area (Å²) >= 11 is 1.26. The molecule has 0 aliphatic carbocycles. The van der Waals surface area contributed by atoms with Crippen molar-refractivity contribution in [2.24, 2.45) is 0 Å². The average molecular weight is 263 g/mol. The molecule has 6 heteroatoms. The van der Waals surface area contributed by atoms with Gasteiger partial charge in [-0.15, -0.1) is 11.8 Å². The van der Waals surface area contributed by atoms with E-state index in [0.717, 1.165) is 11.3 Å². The average Bonchev–Trinajstić information content (AvgIpc) is 2.67. The van der Waals surface area contributed by atoms with Crippen LogP contribution in [-0.2, 0) is 0 Å². The lowest BCUT2D eigenvalue weighted by molar-refractivity contribution is 0.0694. The van der Waals surface area contributed by atoms with E-state index in [0.29, 0.717) is 5.03 Å².